The monoisotopic (exact) mass is 387 g/mol. The molecule has 1 aromatic carbocycles. The molecule has 3 rings (SSSR count). The molecule has 0 aromatic heterocycles. The summed E-state index contributed by atoms with van der Waals surface area (Å²) in [5.74, 6) is -1.83. The molecule has 154 valence electrons. The van der Waals surface area contributed by atoms with Crippen LogP contribution in [0.2, 0.25) is 0 Å². The molecule has 1 heterocycles. The standard InChI is InChI=1S/C23H33NO4/c1-16(17-9-5-4-6-10-17)24(18-13-14-28-23(2,3)15-18)21(25)19-11-7-8-12-20(19)22(26)27/h4-6,9-10,16,18-20H,7-8,11-15H2,1-3H3,(H,26,27)/t16-,18-,19+,20-/m0/s1. The molecule has 1 amide bonds. The summed E-state index contributed by atoms with van der Waals surface area (Å²) in [5, 5.41) is 9.70. The molecule has 1 saturated heterocycles. The Kier molecular flexibility index (Phi) is 6.43. The van der Waals surface area contributed by atoms with Crippen molar-refractivity contribution >= 4 is 11.9 Å². The smallest absolute Gasteiger partial charge is 0.307 e. The number of hydrogen-bond acceptors (Lipinski definition) is 3. The van der Waals surface area contributed by atoms with E-state index in [1.807, 2.05) is 35.2 Å². The van der Waals surface area contributed by atoms with E-state index in [0.717, 1.165) is 31.2 Å². The van der Waals surface area contributed by atoms with Crippen LogP contribution in [0, 0.1) is 11.8 Å². The summed E-state index contributed by atoms with van der Waals surface area (Å²) in [4.78, 5) is 27.6. The van der Waals surface area contributed by atoms with E-state index in [-0.39, 0.29) is 23.6 Å². The van der Waals surface area contributed by atoms with Gasteiger partial charge < -0.3 is 14.7 Å². The molecule has 1 N–H and O–H groups in total. The highest BCUT2D eigenvalue weighted by Crippen LogP contribution is 2.38. The van der Waals surface area contributed by atoms with Crippen LogP contribution in [0.25, 0.3) is 0 Å². The summed E-state index contributed by atoms with van der Waals surface area (Å²) in [5.41, 5.74) is 0.805. The average Bonchev–Trinajstić information content (AvgIpc) is 2.68. The summed E-state index contributed by atoms with van der Waals surface area (Å²) < 4.78 is 5.88. The van der Waals surface area contributed by atoms with Crippen LogP contribution >= 0.6 is 0 Å². The van der Waals surface area contributed by atoms with Gasteiger partial charge in [0.1, 0.15) is 0 Å². The van der Waals surface area contributed by atoms with Gasteiger partial charge in [0.15, 0.2) is 0 Å². The molecule has 1 aliphatic carbocycles. The van der Waals surface area contributed by atoms with E-state index in [9.17, 15) is 14.7 Å². The van der Waals surface area contributed by atoms with Gasteiger partial charge >= 0.3 is 5.97 Å². The van der Waals surface area contributed by atoms with E-state index in [4.69, 9.17) is 4.74 Å². The van der Waals surface area contributed by atoms with Gasteiger partial charge in [0.25, 0.3) is 0 Å². The van der Waals surface area contributed by atoms with E-state index in [1.54, 1.807) is 0 Å². The maximum Gasteiger partial charge on any atom is 0.307 e. The van der Waals surface area contributed by atoms with Gasteiger partial charge in [0, 0.05) is 12.6 Å². The highest BCUT2D eigenvalue weighted by molar-refractivity contribution is 5.85. The second-order valence-corrected chi connectivity index (χ2v) is 8.92. The Hall–Kier alpha value is -1.88. The Morgan fingerprint density at radius 2 is 1.75 bits per heavy atom. The lowest BCUT2D eigenvalue weighted by Gasteiger charge is -2.46. The van der Waals surface area contributed by atoms with Crippen LogP contribution in [-0.2, 0) is 14.3 Å². The maximum absolute atomic E-state index is 13.8. The van der Waals surface area contributed by atoms with Gasteiger partial charge in [0.05, 0.1) is 23.5 Å². The number of hydrogen-bond donors (Lipinski definition) is 1. The molecule has 0 unspecified atom stereocenters. The van der Waals surface area contributed by atoms with Crippen molar-refractivity contribution in [3.8, 4) is 0 Å². The predicted octanol–water partition coefficient (Wildman–Crippen LogP) is 4.42. The highest BCUT2D eigenvalue weighted by Gasteiger charge is 2.43. The Bertz CT molecular complexity index is 687. The fraction of sp³-hybridized carbons (Fsp3) is 0.652. The molecule has 1 aliphatic heterocycles. The van der Waals surface area contributed by atoms with E-state index < -0.39 is 17.8 Å². The number of ether oxygens (including phenoxy) is 1. The first-order valence-corrected chi connectivity index (χ1v) is 10.5. The molecule has 1 aromatic rings. The lowest BCUT2D eigenvalue weighted by molar-refractivity contribution is -0.158. The molecular weight excluding hydrogens is 354 g/mol. The van der Waals surface area contributed by atoms with Crippen LogP contribution in [0.4, 0.5) is 0 Å². The first-order chi connectivity index (χ1) is 13.3. The SMILES string of the molecule is C[C@@H](c1ccccc1)N(C(=O)[C@@H]1CCCC[C@@H]1C(=O)O)[C@H]1CCOC(C)(C)C1. The fourth-order valence-corrected chi connectivity index (χ4v) is 4.93. The van der Waals surface area contributed by atoms with Gasteiger partial charge in [-0.25, -0.2) is 0 Å². The minimum atomic E-state index is -0.835. The maximum atomic E-state index is 13.8. The Morgan fingerprint density at radius 1 is 1.11 bits per heavy atom. The van der Waals surface area contributed by atoms with Gasteiger partial charge in [-0.3, -0.25) is 9.59 Å². The van der Waals surface area contributed by atoms with Crippen LogP contribution in [-0.4, -0.2) is 40.1 Å². The summed E-state index contributed by atoms with van der Waals surface area (Å²) >= 11 is 0. The third-order valence-electron chi connectivity index (χ3n) is 6.42. The number of carboxylic acid groups (broad SMARTS) is 1. The topological polar surface area (TPSA) is 66.8 Å². The Balaban J connectivity index is 1.93. The zero-order valence-electron chi connectivity index (χ0n) is 17.3. The van der Waals surface area contributed by atoms with E-state index in [2.05, 4.69) is 20.8 Å². The third kappa shape index (κ3) is 4.57. The van der Waals surface area contributed by atoms with Crippen molar-refractivity contribution in [3.63, 3.8) is 0 Å². The van der Waals surface area contributed by atoms with Crippen molar-refractivity contribution in [1.82, 2.24) is 4.90 Å². The van der Waals surface area contributed by atoms with Crippen LogP contribution in [0.3, 0.4) is 0 Å². The first kappa shape index (κ1) is 20.8. The molecular formula is C23H33NO4. The fourth-order valence-electron chi connectivity index (χ4n) is 4.93. The quantitative estimate of drug-likeness (QED) is 0.812. The summed E-state index contributed by atoms with van der Waals surface area (Å²) in [7, 11) is 0. The number of amides is 1. The number of carboxylic acids is 1. The lowest BCUT2D eigenvalue weighted by atomic mass is 9.77. The Labute approximate surface area is 168 Å². The zero-order chi connectivity index (χ0) is 20.3. The van der Waals surface area contributed by atoms with Gasteiger partial charge in [-0.15, -0.1) is 0 Å². The summed E-state index contributed by atoms with van der Waals surface area (Å²) in [6.45, 7) is 6.82. The van der Waals surface area contributed by atoms with Crippen LogP contribution in [0.15, 0.2) is 30.3 Å². The van der Waals surface area contributed by atoms with E-state index in [1.165, 1.54) is 0 Å². The van der Waals surface area contributed by atoms with Crippen LogP contribution in [0.1, 0.15) is 70.9 Å². The molecule has 2 fully saturated rings. The largest absolute Gasteiger partial charge is 0.481 e. The normalized spacial score (nSPS) is 28.3. The van der Waals surface area contributed by atoms with Crippen molar-refractivity contribution in [2.75, 3.05) is 6.61 Å². The van der Waals surface area contributed by atoms with Crippen molar-refractivity contribution < 1.29 is 19.4 Å². The molecule has 2 aliphatic rings. The molecule has 0 radical (unpaired) electrons. The summed E-state index contributed by atoms with van der Waals surface area (Å²) in [6.07, 6.45) is 4.63. The second-order valence-electron chi connectivity index (χ2n) is 8.92. The van der Waals surface area contributed by atoms with E-state index >= 15 is 0 Å². The molecule has 4 atom stereocenters. The van der Waals surface area contributed by atoms with Crippen molar-refractivity contribution in [2.24, 2.45) is 11.8 Å². The number of carbonyl (C=O) groups excluding carboxylic acids is 1. The Morgan fingerprint density at radius 3 is 2.36 bits per heavy atom. The molecule has 28 heavy (non-hydrogen) atoms. The highest BCUT2D eigenvalue weighted by atomic mass is 16.5. The number of benzene rings is 1. The average molecular weight is 388 g/mol. The van der Waals surface area contributed by atoms with Gasteiger partial charge in [-0.2, -0.15) is 0 Å². The molecule has 5 nitrogen and oxygen atoms in total. The van der Waals surface area contributed by atoms with Gasteiger partial charge in [-0.1, -0.05) is 43.2 Å². The minimum Gasteiger partial charge on any atom is -0.481 e. The third-order valence-corrected chi connectivity index (χ3v) is 6.42. The first-order valence-electron chi connectivity index (χ1n) is 10.5. The zero-order valence-corrected chi connectivity index (χ0v) is 17.3. The second kappa shape index (κ2) is 8.64. The van der Waals surface area contributed by atoms with Crippen molar-refractivity contribution in [3.05, 3.63) is 35.9 Å². The molecule has 0 bridgehead atoms. The van der Waals surface area contributed by atoms with Crippen molar-refractivity contribution in [2.45, 2.75) is 77.0 Å². The number of nitrogens with zero attached hydrogens (tertiary/aromatic N) is 1. The van der Waals surface area contributed by atoms with Gasteiger partial charge in [0.2, 0.25) is 5.91 Å². The van der Waals surface area contributed by atoms with E-state index in [0.29, 0.717) is 19.4 Å². The van der Waals surface area contributed by atoms with Crippen molar-refractivity contribution in [1.29, 1.82) is 0 Å². The molecule has 0 spiro atoms. The lowest BCUT2D eigenvalue weighted by Crippen LogP contribution is -2.52. The van der Waals surface area contributed by atoms with Crippen LogP contribution in [0.5, 0.6) is 0 Å². The number of aliphatic carboxylic acids is 1. The number of carbonyl (C=O) groups is 2. The predicted molar refractivity (Wildman–Crippen MR) is 108 cm³/mol. The van der Waals surface area contributed by atoms with Gasteiger partial charge in [-0.05, 0) is 52.0 Å². The molecule has 5 heteroatoms. The summed E-state index contributed by atoms with van der Waals surface area (Å²) in [6, 6.07) is 10.0. The minimum absolute atomic E-state index is 0.00570. The molecule has 1 saturated carbocycles. The van der Waals surface area contributed by atoms with Crippen LogP contribution < -0.4 is 0 Å². The number of rotatable bonds is 5.